The average Bonchev–Trinajstić information content (AvgIpc) is 2.46. The summed E-state index contributed by atoms with van der Waals surface area (Å²) in [5, 5.41) is 10.00. The maximum atomic E-state index is 9.52. The van der Waals surface area contributed by atoms with E-state index in [2.05, 4.69) is 15.9 Å². The molecule has 0 aliphatic heterocycles. The molecule has 0 saturated carbocycles. The molecule has 3 nitrogen and oxygen atoms in total. The number of ether oxygens (including phenoxy) is 2. The minimum atomic E-state index is -0.554. The Balaban J connectivity index is 2.15. The van der Waals surface area contributed by atoms with Gasteiger partial charge in [0.25, 0.3) is 0 Å². The summed E-state index contributed by atoms with van der Waals surface area (Å²) in [6.45, 7) is 2.04. The highest BCUT2D eigenvalue weighted by Crippen LogP contribution is 2.30. The number of hydrogen-bond donors (Lipinski definition) is 1. The van der Waals surface area contributed by atoms with Crippen LogP contribution in [-0.2, 0) is 6.61 Å². The molecule has 0 amide bonds. The second-order valence-corrected chi connectivity index (χ2v) is 5.93. The van der Waals surface area contributed by atoms with E-state index in [9.17, 15) is 5.11 Å². The van der Waals surface area contributed by atoms with Gasteiger partial charge in [-0.1, -0.05) is 33.6 Å². The van der Waals surface area contributed by atoms with Crippen LogP contribution < -0.4 is 9.47 Å². The molecule has 0 saturated heterocycles. The maximum Gasteiger partial charge on any atom is 0.138 e. The number of aliphatic hydroxyl groups is 1. The molecule has 5 heteroatoms. The first-order valence-corrected chi connectivity index (χ1v) is 7.61. The van der Waals surface area contributed by atoms with Crippen molar-refractivity contribution in [3.63, 3.8) is 0 Å². The second-order valence-electron chi connectivity index (χ2n) is 4.61. The molecule has 112 valence electrons. The summed E-state index contributed by atoms with van der Waals surface area (Å²) in [7, 11) is 1.62. The summed E-state index contributed by atoms with van der Waals surface area (Å²) < 4.78 is 12.0. The largest absolute Gasteiger partial charge is 0.496 e. The van der Waals surface area contributed by atoms with Crippen molar-refractivity contribution in [2.45, 2.75) is 19.6 Å². The Bertz CT molecular complexity index is 629. The highest BCUT2D eigenvalue weighted by Gasteiger charge is 2.09. The highest BCUT2D eigenvalue weighted by atomic mass is 79.9. The number of methoxy groups -OCH3 is 1. The summed E-state index contributed by atoms with van der Waals surface area (Å²) in [5.41, 5.74) is 1.68. The van der Waals surface area contributed by atoms with Crippen LogP contribution in [0.2, 0.25) is 5.02 Å². The van der Waals surface area contributed by atoms with Crippen LogP contribution in [0.3, 0.4) is 0 Å². The third-order valence-corrected chi connectivity index (χ3v) is 3.85. The third-order valence-electron chi connectivity index (χ3n) is 3.06. The molecule has 2 aromatic rings. The van der Waals surface area contributed by atoms with Gasteiger partial charge in [0.05, 0.1) is 18.2 Å². The number of rotatable bonds is 5. The molecule has 2 rings (SSSR count). The van der Waals surface area contributed by atoms with Gasteiger partial charge in [0, 0.05) is 10.0 Å². The van der Waals surface area contributed by atoms with Crippen LogP contribution in [0.15, 0.2) is 40.9 Å². The molecular weight excluding hydrogens is 356 g/mol. The van der Waals surface area contributed by atoms with Gasteiger partial charge < -0.3 is 14.6 Å². The molecule has 1 atom stereocenters. The summed E-state index contributed by atoms with van der Waals surface area (Å²) in [6.07, 6.45) is -0.554. The Morgan fingerprint density at radius 2 is 1.90 bits per heavy atom. The van der Waals surface area contributed by atoms with Gasteiger partial charge >= 0.3 is 0 Å². The fraction of sp³-hybridized carbons (Fsp3) is 0.250. The number of benzene rings is 2. The van der Waals surface area contributed by atoms with E-state index in [4.69, 9.17) is 21.1 Å². The van der Waals surface area contributed by atoms with E-state index in [1.165, 1.54) is 0 Å². The van der Waals surface area contributed by atoms with Gasteiger partial charge in [0.2, 0.25) is 0 Å². The molecule has 0 bridgehead atoms. The number of halogens is 2. The molecule has 0 spiro atoms. The van der Waals surface area contributed by atoms with E-state index in [0.717, 1.165) is 21.3 Å². The van der Waals surface area contributed by atoms with Crippen LogP contribution in [-0.4, -0.2) is 12.2 Å². The standard InChI is InChI=1S/C16H16BrClO3/c1-10(19)11-3-5-16(14(18)8-11)21-9-12-7-13(17)4-6-15(12)20-2/h3-8,10,19H,9H2,1-2H3. The number of hydrogen-bond acceptors (Lipinski definition) is 3. The van der Waals surface area contributed by atoms with Gasteiger partial charge in [-0.15, -0.1) is 0 Å². The van der Waals surface area contributed by atoms with Crippen molar-refractivity contribution in [1.29, 1.82) is 0 Å². The van der Waals surface area contributed by atoms with Crippen molar-refractivity contribution in [3.05, 3.63) is 57.0 Å². The smallest absolute Gasteiger partial charge is 0.138 e. The SMILES string of the molecule is COc1ccc(Br)cc1COc1ccc(C(C)O)cc1Cl. The van der Waals surface area contributed by atoms with E-state index < -0.39 is 6.10 Å². The zero-order chi connectivity index (χ0) is 15.4. The summed E-state index contributed by atoms with van der Waals surface area (Å²) in [5.74, 6) is 1.33. The molecule has 1 N–H and O–H groups in total. The lowest BCUT2D eigenvalue weighted by Crippen LogP contribution is -2.00. The first-order chi connectivity index (χ1) is 10.0. The lowest BCUT2D eigenvalue weighted by molar-refractivity contribution is 0.199. The zero-order valence-electron chi connectivity index (χ0n) is 11.8. The second kappa shape index (κ2) is 7.16. The van der Waals surface area contributed by atoms with Crippen molar-refractivity contribution in [2.24, 2.45) is 0 Å². The van der Waals surface area contributed by atoms with Crippen molar-refractivity contribution < 1.29 is 14.6 Å². The van der Waals surface area contributed by atoms with Crippen LogP contribution in [0.5, 0.6) is 11.5 Å². The third kappa shape index (κ3) is 4.13. The van der Waals surface area contributed by atoms with Gasteiger partial charge in [-0.2, -0.15) is 0 Å². The Kier molecular flexibility index (Phi) is 5.51. The lowest BCUT2D eigenvalue weighted by atomic mass is 10.1. The fourth-order valence-electron chi connectivity index (χ4n) is 1.91. The molecular formula is C16H16BrClO3. The normalized spacial score (nSPS) is 12.0. The van der Waals surface area contributed by atoms with Crippen molar-refractivity contribution in [2.75, 3.05) is 7.11 Å². The Morgan fingerprint density at radius 1 is 1.19 bits per heavy atom. The topological polar surface area (TPSA) is 38.7 Å². The Labute approximate surface area is 137 Å². The zero-order valence-corrected chi connectivity index (χ0v) is 14.1. The Morgan fingerprint density at radius 3 is 2.52 bits per heavy atom. The van der Waals surface area contributed by atoms with Crippen LogP contribution in [0, 0.1) is 0 Å². The van der Waals surface area contributed by atoms with Crippen LogP contribution in [0.1, 0.15) is 24.2 Å². The summed E-state index contributed by atoms with van der Waals surface area (Å²) in [4.78, 5) is 0. The van der Waals surface area contributed by atoms with E-state index in [1.807, 2.05) is 18.2 Å². The van der Waals surface area contributed by atoms with Crippen molar-refractivity contribution in [1.82, 2.24) is 0 Å². The molecule has 0 aliphatic carbocycles. The van der Waals surface area contributed by atoms with Crippen LogP contribution >= 0.6 is 27.5 Å². The molecule has 0 fully saturated rings. The van der Waals surface area contributed by atoms with Crippen LogP contribution in [0.4, 0.5) is 0 Å². The molecule has 21 heavy (non-hydrogen) atoms. The predicted molar refractivity (Wildman–Crippen MR) is 87.1 cm³/mol. The highest BCUT2D eigenvalue weighted by molar-refractivity contribution is 9.10. The lowest BCUT2D eigenvalue weighted by Gasteiger charge is -2.13. The van der Waals surface area contributed by atoms with E-state index in [1.54, 1.807) is 32.2 Å². The summed E-state index contributed by atoms with van der Waals surface area (Å²) in [6, 6.07) is 11.0. The molecule has 0 aromatic heterocycles. The van der Waals surface area contributed by atoms with Gasteiger partial charge in [-0.05, 0) is 42.8 Å². The maximum absolute atomic E-state index is 9.52. The minimum Gasteiger partial charge on any atom is -0.496 e. The Hall–Kier alpha value is -1.23. The van der Waals surface area contributed by atoms with Gasteiger partial charge in [-0.3, -0.25) is 0 Å². The van der Waals surface area contributed by atoms with Crippen molar-refractivity contribution in [3.8, 4) is 11.5 Å². The molecule has 0 aliphatic rings. The number of aliphatic hydroxyl groups excluding tert-OH is 1. The first-order valence-electron chi connectivity index (χ1n) is 6.44. The van der Waals surface area contributed by atoms with Gasteiger partial charge in [0.15, 0.2) is 0 Å². The monoisotopic (exact) mass is 370 g/mol. The first kappa shape index (κ1) is 16.1. The quantitative estimate of drug-likeness (QED) is 0.825. The van der Waals surface area contributed by atoms with Crippen molar-refractivity contribution >= 4 is 27.5 Å². The van der Waals surface area contributed by atoms with E-state index in [0.29, 0.717) is 17.4 Å². The molecule has 2 aromatic carbocycles. The van der Waals surface area contributed by atoms with E-state index in [-0.39, 0.29) is 0 Å². The van der Waals surface area contributed by atoms with Gasteiger partial charge in [-0.25, -0.2) is 0 Å². The van der Waals surface area contributed by atoms with Crippen LogP contribution in [0.25, 0.3) is 0 Å². The minimum absolute atomic E-state index is 0.344. The van der Waals surface area contributed by atoms with E-state index >= 15 is 0 Å². The average molecular weight is 372 g/mol. The predicted octanol–water partition coefficient (Wildman–Crippen LogP) is 4.74. The van der Waals surface area contributed by atoms with Gasteiger partial charge in [0.1, 0.15) is 18.1 Å². The fourth-order valence-corrected chi connectivity index (χ4v) is 2.56. The molecule has 1 unspecified atom stereocenters. The molecule has 0 heterocycles. The molecule has 0 radical (unpaired) electrons. The summed E-state index contributed by atoms with van der Waals surface area (Å²) >= 11 is 9.59.